The number of hydrogen-bond acceptors (Lipinski definition) is 4. The molecule has 1 atom stereocenters. The number of rotatable bonds is 3. The van der Waals surface area contributed by atoms with Gasteiger partial charge in [-0.1, -0.05) is 11.6 Å². The lowest BCUT2D eigenvalue weighted by molar-refractivity contribution is 0.531. The van der Waals surface area contributed by atoms with Crippen LogP contribution in [-0.2, 0) is 5.75 Å². The third-order valence-electron chi connectivity index (χ3n) is 2.24. The van der Waals surface area contributed by atoms with Crippen molar-refractivity contribution >= 4 is 34.7 Å². The molecule has 1 saturated heterocycles. The molecular formula is C9H13ClN2S2. The quantitative estimate of drug-likeness (QED) is 0.891. The first kappa shape index (κ1) is 10.7. The molecule has 0 unspecified atom stereocenters. The maximum absolute atomic E-state index is 5.77. The third kappa shape index (κ3) is 3.12. The molecule has 1 fully saturated rings. The van der Waals surface area contributed by atoms with E-state index in [1.54, 1.807) is 11.3 Å². The molecule has 0 saturated carbocycles. The minimum Gasteiger partial charge on any atom is -0.316 e. The van der Waals surface area contributed by atoms with Gasteiger partial charge in [0.1, 0.15) is 0 Å². The Balaban J connectivity index is 1.76. The van der Waals surface area contributed by atoms with Crippen LogP contribution in [-0.4, -0.2) is 23.3 Å². The molecule has 1 N–H and O–H groups in total. The van der Waals surface area contributed by atoms with Crippen LogP contribution in [0.15, 0.2) is 6.20 Å². The summed E-state index contributed by atoms with van der Waals surface area (Å²) in [7, 11) is 0. The fourth-order valence-electron chi connectivity index (χ4n) is 1.51. The molecule has 1 aliphatic rings. The van der Waals surface area contributed by atoms with Gasteiger partial charge in [0.15, 0.2) is 4.47 Å². The van der Waals surface area contributed by atoms with Gasteiger partial charge in [-0.3, -0.25) is 0 Å². The largest absolute Gasteiger partial charge is 0.316 e. The first-order valence-corrected chi connectivity index (χ1v) is 7.01. The number of nitrogens with one attached hydrogen (secondary N) is 1. The van der Waals surface area contributed by atoms with E-state index in [0.29, 0.717) is 4.47 Å². The van der Waals surface area contributed by atoms with E-state index in [1.807, 2.05) is 18.0 Å². The summed E-state index contributed by atoms with van der Waals surface area (Å²) < 4.78 is 0.655. The summed E-state index contributed by atoms with van der Waals surface area (Å²) in [5, 5.41) is 4.19. The van der Waals surface area contributed by atoms with Crippen molar-refractivity contribution in [1.82, 2.24) is 10.3 Å². The van der Waals surface area contributed by atoms with Crippen LogP contribution < -0.4 is 5.32 Å². The molecule has 1 aromatic heterocycles. The van der Waals surface area contributed by atoms with Crippen LogP contribution in [0.3, 0.4) is 0 Å². The maximum Gasteiger partial charge on any atom is 0.183 e. The number of hydrogen-bond donors (Lipinski definition) is 1. The average Bonchev–Trinajstić information content (AvgIpc) is 2.63. The maximum atomic E-state index is 5.77. The Bertz CT molecular complexity index is 284. The lowest BCUT2D eigenvalue weighted by Gasteiger charge is -2.21. The highest BCUT2D eigenvalue weighted by Crippen LogP contribution is 2.27. The van der Waals surface area contributed by atoms with Gasteiger partial charge in [0.25, 0.3) is 0 Å². The second-order valence-electron chi connectivity index (χ2n) is 3.36. The lowest BCUT2D eigenvalue weighted by Crippen LogP contribution is -2.31. The molecule has 0 radical (unpaired) electrons. The predicted octanol–water partition coefficient (Wildman–Crippen LogP) is 2.78. The first-order chi connectivity index (χ1) is 6.84. The zero-order chi connectivity index (χ0) is 9.80. The Hall–Kier alpha value is 0.230. The van der Waals surface area contributed by atoms with Crippen LogP contribution in [0.2, 0.25) is 4.47 Å². The van der Waals surface area contributed by atoms with E-state index in [-0.39, 0.29) is 0 Å². The van der Waals surface area contributed by atoms with Crippen LogP contribution in [0, 0.1) is 0 Å². The Labute approximate surface area is 97.5 Å². The molecule has 78 valence electrons. The van der Waals surface area contributed by atoms with Gasteiger partial charge in [0.2, 0.25) is 0 Å². The van der Waals surface area contributed by atoms with Gasteiger partial charge in [-0.25, -0.2) is 4.98 Å². The van der Waals surface area contributed by atoms with E-state index < -0.39 is 0 Å². The molecule has 1 aromatic rings. The molecule has 1 aliphatic heterocycles. The van der Waals surface area contributed by atoms with Gasteiger partial charge >= 0.3 is 0 Å². The summed E-state index contributed by atoms with van der Waals surface area (Å²) in [4.78, 5) is 5.32. The number of nitrogens with zero attached hydrogens (tertiary/aromatic N) is 1. The van der Waals surface area contributed by atoms with Gasteiger partial charge in [0.05, 0.1) is 0 Å². The Kier molecular flexibility index (Phi) is 4.10. The van der Waals surface area contributed by atoms with Crippen LogP contribution in [0.1, 0.15) is 17.7 Å². The molecule has 0 aliphatic carbocycles. The smallest absolute Gasteiger partial charge is 0.183 e. The summed E-state index contributed by atoms with van der Waals surface area (Å²) in [6, 6.07) is 0. The summed E-state index contributed by atoms with van der Waals surface area (Å²) in [6.45, 7) is 2.33. The van der Waals surface area contributed by atoms with Crippen molar-refractivity contribution in [2.75, 3.05) is 13.1 Å². The molecule has 2 heterocycles. The molecule has 14 heavy (non-hydrogen) atoms. The van der Waals surface area contributed by atoms with Gasteiger partial charge in [-0.05, 0) is 19.4 Å². The number of aromatic nitrogens is 1. The van der Waals surface area contributed by atoms with E-state index in [4.69, 9.17) is 11.6 Å². The minimum atomic E-state index is 0.655. The van der Waals surface area contributed by atoms with E-state index in [9.17, 15) is 0 Å². The monoisotopic (exact) mass is 248 g/mol. The standard InChI is InChI=1S/C9H13ClN2S2/c10-9-12-5-8(14-9)6-13-7-2-1-3-11-4-7/h5,7,11H,1-4,6H2/t7-/m0/s1. The molecular weight excluding hydrogens is 236 g/mol. The van der Waals surface area contributed by atoms with Crippen molar-refractivity contribution in [1.29, 1.82) is 0 Å². The first-order valence-electron chi connectivity index (χ1n) is 4.77. The fraction of sp³-hybridized carbons (Fsp3) is 0.667. The van der Waals surface area contributed by atoms with E-state index in [0.717, 1.165) is 17.5 Å². The van der Waals surface area contributed by atoms with Crippen LogP contribution in [0.5, 0.6) is 0 Å². The zero-order valence-electron chi connectivity index (χ0n) is 7.83. The summed E-state index contributed by atoms with van der Waals surface area (Å²) in [5.41, 5.74) is 0. The van der Waals surface area contributed by atoms with Crippen molar-refractivity contribution < 1.29 is 0 Å². The van der Waals surface area contributed by atoms with E-state index in [1.165, 1.54) is 24.3 Å². The van der Waals surface area contributed by atoms with Crippen LogP contribution in [0.4, 0.5) is 0 Å². The molecule has 0 spiro atoms. The number of thiazole rings is 1. The molecule has 0 bridgehead atoms. The van der Waals surface area contributed by atoms with Crippen molar-refractivity contribution in [3.63, 3.8) is 0 Å². The molecule has 0 aromatic carbocycles. The SMILES string of the molecule is Clc1ncc(CS[C@H]2CCCNC2)s1. The summed E-state index contributed by atoms with van der Waals surface area (Å²) in [6.07, 6.45) is 4.53. The zero-order valence-corrected chi connectivity index (χ0v) is 10.2. The van der Waals surface area contributed by atoms with Gasteiger partial charge < -0.3 is 5.32 Å². The topological polar surface area (TPSA) is 24.9 Å². The van der Waals surface area contributed by atoms with Crippen molar-refractivity contribution in [3.05, 3.63) is 15.5 Å². The predicted molar refractivity (Wildman–Crippen MR) is 64.3 cm³/mol. The second kappa shape index (κ2) is 5.35. The van der Waals surface area contributed by atoms with Gasteiger partial charge in [-0.15, -0.1) is 11.3 Å². The van der Waals surface area contributed by atoms with Crippen molar-refractivity contribution in [2.24, 2.45) is 0 Å². The number of piperidine rings is 1. The van der Waals surface area contributed by atoms with Gasteiger partial charge in [-0.2, -0.15) is 11.8 Å². The molecule has 5 heteroatoms. The summed E-state index contributed by atoms with van der Waals surface area (Å²) >= 11 is 9.37. The van der Waals surface area contributed by atoms with E-state index >= 15 is 0 Å². The second-order valence-corrected chi connectivity index (χ2v) is 6.34. The normalized spacial score (nSPS) is 22.5. The van der Waals surface area contributed by atoms with Crippen molar-refractivity contribution in [3.8, 4) is 0 Å². The highest BCUT2D eigenvalue weighted by molar-refractivity contribution is 7.99. The minimum absolute atomic E-state index is 0.655. The highest BCUT2D eigenvalue weighted by Gasteiger charge is 2.13. The molecule has 2 rings (SSSR count). The van der Waals surface area contributed by atoms with Gasteiger partial charge in [0, 0.05) is 28.6 Å². The van der Waals surface area contributed by atoms with E-state index in [2.05, 4.69) is 10.3 Å². The van der Waals surface area contributed by atoms with Crippen LogP contribution in [0.25, 0.3) is 0 Å². The number of thioether (sulfide) groups is 1. The molecule has 2 nitrogen and oxygen atoms in total. The third-order valence-corrected chi connectivity index (χ3v) is 4.89. The Morgan fingerprint density at radius 2 is 2.64 bits per heavy atom. The Morgan fingerprint density at radius 3 is 3.29 bits per heavy atom. The summed E-state index contributed by atoms with van der Waals surface area (Å²) in [5.74, 6) is 1.05. The van der Waals surface area contributed by atoms with Crippen molar-refractivity contribution in [2.45, 2.75) is 23.8 Å². The average molecular weight is 249 g/mol. The molecule has 0 amide bonds. The number of halogens is 1. The lowest BCUT2D eigenvalue weighted by atomic mass is 10.2. The fourth-order valence-corrected chi connectivity index (χ4v) is 3.77. The Morgan fingerprint density at radius 1 is 1.71 bits per heavy atom. The van der Waals surface area contributed by atoms with Crippen LogP contribution >= 0.6 is 34.7 Å². The highest BCUT2D eigenvalue weighted by atomic mass is 35.5.